The van der Waals surface area contributed by atoms with Gasteiger partial charge in [-0.05, 0) is 24.7 Å². The Hall–Kier alpha value is 0.400. The van der Waals surface area contributed by atoms with Crippen LogP contribution in [0.5, 0.6) is 0 Å². The molecule has 1 heterocycles. The molecule has 17 heavy (non-hydrogen) atoms. The third kappa shape index (κ3) is 4.53. The largest absolute Gasteiger partial charge is 0.380 e. The van der Waals surface area contributed by atoms with Crippen LogP contribution in [0.15, 0.2) is 0 Å². The molecule has 0 saturated carbocycles. The maximum atomic E-state index is 5.46. The number of methoxy groups -OCH3 is 1. The molecule has 0 aromatic heterocycles. The van der Waals surface area contributed by atoms with E-state index in [9.17, 15) is 0 Å². The Balaban J connectivity index is 2.53. The van der Waals surface area contributed by atoms with Gasteiger partial charge in [-0.3, -0.25) is 0 Å². The average molecular weight is 306 g/mol. The second-order valence-electron chi connectivity index (χ2n) is 5.52. The van der Waals surface area contributed by atoms with Crippen LogP contribution in [0.3, 0.4) is 0 Å². The second-order valence-corrected chi connectivity index (χ2v) is 6.08. The van der Waals surface area contributed by atoms with Crippen LogP contribution in [0.4, 0.5) is 0 Å². The molecule has 1 atom stereocenters. The molecule has 1 rings (SSSR count). The topological polar surface area (TPSA) is 12.5 Å². The first-order valence-electron chi connectivity index (χ1n) is 7.00. The first-order chi connectivity index (χ1) is 8.19. The highest BCUT2D eigenvalue weighted by atomic mass is 79.9. The summed E-state index contributed by atoms with van der Waals surface area (Å²) in [6.07, 6.45) is 6.90. The molecule has 1 aliphatic heterocycles. The van der Waals surface area contributed by atoms with Gasteiger partial charge in [0.05, 0.1) is 6.10 Å². The van der Waals surface area contributed by atoms with Crippen molar-refractivity contribution < 1.29 is 4.74 Å². The van der Waals surface area contributed by atoms with Crippen LogP contribution in [0.1, 0.15) is 46.0 Å². The lowest BCUT2D eigenvalue weighted by Crippen LogP contribution is -2.38. The molecule has 0 aliphatic carbocycles. The number of alkyl halides is 1. The van der Waals surface area contributed by atoms with Crippen LogP contribution in [0, 0.1) is 5.41 Å². The Morgan fingerprint density at radius 3 is 2.35 bits per heavy atom. The zero-order chi connectivity index (χ0) is 12.7. The lowest BCUT2D eigenvalue weighted by atomic mass is 9.81. The summed E-state index contributed by atoms with van der Waals surface area (Å²) in [5.74, 6) is 0. The van der Waals surface area contributed by atoms with E-state index >= 15 is 0 Å². The van der Waals surface area contributed by atoms with E-state index in [-0.39, 0.29) is 0 Å². The van der Waals surface area contributed by atoms with Gasteiger partial charge in [-0.15, -0.1) is 0 Å². The third-order valence-electron chi connectivity index (χ3n) is 3.97. The van der Waals surface area contributed by atoms with Gasteiger partial charge >= 0.3 is 0 Å². The van der Waals surface area contributed by atoms with Crippen molar-refractivity contribution in [3.63, 3.8) is 0 Å². The van der Waals surface area contributed by atoms with Gasteiger partial charge in [-0.25, -0.2) is 0 Å². The average Bonchev–Trinajstić information content (AvgIpc) is 2.77. The number of hydrogen-bond donors (Lipinski definition) is 0. The molecule has 0 bridgehead atoms. The Morgan fingerprint density at radius 2 is 1.94 bits per heavy atom. The lowest BCUT2D eigenvalue weighted by Gasteiger charge is -2.35. The molecule has 1 fully saturated rings. The predicted octanol–water partition coefficient (Wildman–Crippen LogP) is 3.69. The number of halogens is 1. The van der Waals surface area contributed by atoms with Crippen LogP contribution in [-0.4, -0.2) is 43.1 Å². The van der Waals surface area contributed by atoms with E-state index < -0.39 is 0 Å². The second kappa shape index (κ2) is 7.75. The fraction of sp³-hybridized carbons (Fsp3) is 1.00. The SMILES string of the molecule is CCCC(CBr)(CCC)CN1CCC(OC)C1. The molecule has 1 aliphatic rings. The Morgan fingerprint density at radius 1 is 1.29 bits per heavy atom. The quantitative estimate of drug-likeness (QED) is 0.634. The van der Waals surface area contributed by atoms with Crippen molar-refractivity contribution in [2.75, 3.05) is 32.1 Å². The van der Waals surface area contributed by atoms with Gasteiger partial charge in [0.2, 0.25) is 0 Å². The summed E-state index contributed by atoms with van der Waals surface area (Å²) in [6.45, 7) is 8.17. The number of nitrogens with zero attached hydrogens (tertiary/aromatic N) is 1. The maximum absolute atomic E-state index is 5.46. The van der Waals surface area contributed by atoms with Crippen molar-refractivity contribution in [1.82, 2.24) is 4.90 Å². The van der Waals surface area contributed by atoms with Crippen LogP contribution >= 0.6 is 15.9 Å². The number of hydrogen-bond acceptors (Lipinski definition) is 2. The number of rotatable bonds is 8. The van der Waals surface area contributed by atoms with Crippen molar-refractivity contribution in [2.45, 2.75) is 52.1 Å². The molecule has 0 radical (unpaired) electrons. The maximum Gasteiger partial charge on any atom is 0.0710 e. The van der Waals surface area contributed by atoms with E-state index in [1.165, 1.54) is 45.2 Å². The highest BCUT2D eigenvalue weighted by molar-refractivity contribution is 9.09. The fourth-order valence-electron chi connectivity index (χ4n) is 3.13. The molecule has 0 aromatic rings. The Labute approximate surface area is 115 Å². The third-order valence-corrected chi connectivity index (χ3v) is 5.16. The van der Waals surface area contributed by atoms with Crippen molar-refractivity contribution in [3.05, 3.63) is 0 Å². The molecule has 3 heteroatoms. The Kier molecular flexibility index (Phi) is 7.05. The summed E-state index contributed by atoms with van der Waals surface area (Å²) in [5.41, 5.74) is 0.478. The molecule has 102 valence electrons. The van der Waals surface area contributed by atoms with E-state index in [2.05, 4.69) is 34.7 Å². The summed E-state index contributed by atoms with van der Waals surface area (Å²) in [5, 5.41) is 1.13. The lowest BCUT2D eigenvalue weighted by molar-refractivity contribution is 0.0968. The molecular weight excluding hydrogens is 278 g/mol. The van der Waals surface area contributed by atoms with Crippen molar-refractivity contribution in [1.29, 1.82) is 0 Å². The summed E-state index contributed by atoms with van der Waals surface area (Å²) < 4.78 is 5.46. The van der Waals surface area contributed by atoms with Gasteiger partial charge < -0.3 is 9.64 Å². The molecule has 1 unspecified atom stereocenters. The number of likely N-dealkylation sites (tertiary alicyclic amines) is 1. The summed E-state index contributed by atoms with van der Waals surface area (Å²) in [4.78, 5) is 2.60. The smallest absolute Gasteiger partial charge is 0.0710 e. The van der Waals surface area contributed by atoms with E-state index in [0.717, 1.165) is 11.9 Å². The standard InChI is InChI=1S/C14H28BrNO/c1-4-7-14(11-15,8-5-2)12-16-9-6-13(10-16)17-3/h13H,4-12H2,1-3H3. The van der Waals surface area contributed by atoms with E-state index in [4.69, 9.17) is 4.74 Å². The van der Waals surface area contributed by atoms with Crippen LogP contribution < -0.4 is 0 Å². The van der Waals surface area contributed by atoms with Gasteiger partial charge in [0.15, 0.2) is 0 Å². The molecule has 0 aromatic carbocycles. The molecule has 2 nitrogen and oxygen atoms in total. The zero-order valence-corrected chi connectivity index (χ0v) is 13.3. The van der Waals surface area contributed by atoms with Gasteiger partial charge in [-0.2, -0.15) is 0 Å². The zero-order valence-electron chi connectivity index (χ0n) is 11.7. The van der Waals surface area contributed by atoms with E-state index in [0.29, 0.717) is 11.5 Å². The fourth-order valence-corrected chi connectivity index (χ4v) is 3.87. The van der Waals surface area contributed by atoms with Crippen LogP contribution in [-0.2, 0) is 4.74 Å². The minimum atomic E-state index is 0.464. The molecular formula is C14H28BrNO. The van der Waals surface area contributed by atoms with Gasteiger partial charge in [0.1, 0.15) is 0 Å². The predicted molar refractivity (Wildman–Crippen MR) is 77.9 cm³/mol. The summed E-state index contributed by atoms with van der Waals surface area (Å²) in [7, 11) is 1.84. The molecule has 1 saturated heterocycles. The number of ether oxygens (including phenoxy) is 1. The highest BCUT2D eigenvalue weighted by Crippen LogP contribution is 2.34. The highest BCUT2D eigenvalue weighted by Gasteiger charge is 2.32. The monoisotopic (exact) mass is 305 g/mol. The minimum Gasteiger partial charge on any atom is -0.380 e. The van der Waals surface area contributed by atoms with Gasteiger partial charge in [0, 0.05) is 32.1 Å². The minimum absolute atomic E-state index is 0.464. The first kappa shape index (κ1) is 15.5. The molecule has 0 spiro atoms. The summed E-state index contributed by atoms with van der Waals surface area (Å²) in [6, 6.07) is 0. The van der Waals surface area contributed by atoms with E-state index in [1.54, 1.807) is 0 Å². The van der Waals surface area contributed by atoms with Crippen LogP contribution in [0.25, 0.3) is 0 Å². The van der Waals surface area contributed by atoms with E-state index in [1.807, 2.05) is 7.11 Å². The molecule has 0 N–H and O–H groups in total. The molecule has 0 amide bonds. The normalized spacial score (nSPS) is 22.2. The van der Waals surface area contributed by atoms with Gasteiger partial charge in [0.25, 0.3) is 0 Å². The van der Waals surface area contributed by atoms with Gasteiger partial charge in [-0.1, -0.05) is 42.6 Å². The van der Waals surface area contributed by atoms with Crippen LogP contribution in [0.2, 0.25) is 0 Å². The van der Waals surface area contributed by atoms with Crippen molar-refractivity contribution in [3.8, 4) is 0 Å². The van der Waals surface area contributed by atoms with Crippen molar-refractivity contribution in [2.24, 2.45) is 5.41 Å². The Bertz CT molecular complexity index is 204. The first-order valence-corrected chi connectivity index (χ1v) is 8.13. The summed E-state index contributed by atoms with van der Waals surface area (Å²) >= 11 is 3.76. The van der Waals surface area contributed by atoms with Crippen molar-refractivity contribution >= 4 is 15.9 Å².